The summed E-state index contributed by atoms with van der Waals surface area (Å²) in [5, 5.41) is 0. The highest BCUT2D eigenvalue weighted by Gasteiger charge is 2.26. The maximum atomic E-state index is 10.5. The number of hydrogen-bond acceptors (Lipinski definition) is 10. The fourth-order valence-electron chi connectivity index (χ4n) is 2.30. The third-order valence-corrected chi connectivity index (χ3v) is 3.57. The maximum absolute atomic E-state index is 10.5. The zero-order valence-corrected chi connectivity index (χ0v) is 16.8. The number of amides is 2. The van der Waals surface area contributed by atoms with Crippen LogP contribution < -0.4 is 11.5 Å². The molecule has 1 aliphatic rings. The van der Waals surface area contributed by atoms with Gasteiger partial charge in [0.2, 0.25) is 0 Å². The molecular weight excluding hydrogens is 404 g/mol. The second-order valence-electron chi connectivity index (χ2n) is 6.15. The van der Waals surface area contributed by atoms with Crippen molar-refractivity contribution in [3.05, 3.63) is 23.7 Å². The molecule has 1 aliphatic heterocycles. The highest BCUT2D eigenvalue weighted by molar-refractivity contribution is 5.66. The van der Waals surface area contributed by atoms with Crippen molar-refractivity contribution in [2.24, 2.45) is 11.5 Å². The topological polar surface area (TPSA) is 180 Å². The molecule has 12 nitrogen and oxygen atoms in total. The monoisotopic (exact) mass is 430 g/mol. The summed E-state index contributed by atoms with van der Waals surface area (Å²) < 4.78 is 29.2. The molecule has 2 unspecified atom stereocenters. The van der Waals surface area contributed by atoms with Gasteiger partial charge in [-0.05, 0) is 25.0 Å². The van der Waals surface area contributed by atoms with Crippen molar-refractivity contribution in [1.82, 2.24) is 0 Å². The van der Waals surface area contributed by atoms with Crippen LogP contribution in [0.15, 0.2) is 16.5 Å². The molecule has 2 heterocycles. The van der Waals surface area contributed by atoms with Crippen molar-refractivity contribution in [3.63, 3.8) is 0 Å². The van der Waals surface area contributed by atoms with Gasteiger partial charge in [-0.1, -0.05) is 0 Å². The van der Waals surface area contributed by atoms with Crippen molar-refractivity contribution in [3.8, 4) is 0 Å². The van der Waals surface area contributed by atoms with Crippen LogP contribution in [0, 0.1) is 0 Å². The van der Waals surface area contributed by atoms with E-state index in [1.165, 1.54) is 13.8 Å². The Kier molecular flexibility index (Phi) is 10.8. The lowest BCUT2D eigenvalue weighted by molar-refractivity contribution is -0.145. The number of carbonyl (C=O) groups is 4. The average Bonchev–Trinajstić information content (AvgIpc) is 3.31. The Morgan fingerprint density at radius 3 is 1.77 bits per heavy atom. The van der Waals surface area contributed by atoms with Crippen LogP contribution in [0.3, 0.4) is 0 Å². The molecule has 0 bridgehead atoms. The van der Waals surface area contributed by atoms with Gasteiger partial charge in [0.25, 0.3) is 0 Å². The van der Waals surface area contributed by atoms with Gasteiger partial charge in [-0.2, -0.15) is 0 Å². The van der Waals surface area contributed by atoms with Crippen LogP contribution in [0.5, 0.6) is 0 Å². The van der Waals surface area contributed by atoms with Gasteiger partial charge in [0, 0.05) is 13.8 Å². The zero-order chi connectivity index (χ0) is 22.5. The van der Waals surface area contributed by atoms with Gasteiger partial charge in [-0.3, -0.25) is 9.59 Å². The van der Waals surface area contributed by atoms with Gasteiger partial charge < -0.3 is 39.6 Å². The van der Waals surface area contributed by atoms with Gasteiger partial charge in [-0.25, -0.2) is 9.59 Å². The van der Waals surface area contributed by atoms with Crippen LogP contribution in [-0.2, 0) is 46.5 Å². The van der Waals surface area contributed by atoms with E-state index in [-0.39, 0.29) is 50.6 Å². The molecule has 168 valence electrons. The van der Waals surface area contributed by atoms with Crippen LogP contribution >= 0.6 is 0 Å². The Labute approximate surface area is 172 Å². The quantitative estimate of drug-likeness (QED) is 0.448. The molecule has 1 aromatic rings. The zero-order valence-electron chi connectivity index (χ0n) is 16.8. The first-order valence-corrected chi connectivity index (χ1v) is 9.00. The van der Waals surface area contributed by atoms with E-state index in [0.717, 1.165) is 12.8 Å². The fraction of sp³-hybridized carbons (Fsp3) is 0.556. The van der Waals surface area contributed by atoms with Crippen molar-refractivity contribution in [2.75, 3.05) is 13.2 Å². The van der Waals surface area contributed by atoms with Crippen molar-refractivity contribution in [1.29, 1.82) is 0 Å². The summed E-state index contributed by atoms with van der Waals surface area (Å²) in [6, 6.07) is 3.24. The number of nitrogens with two attached hydrogens (primary N) is 2. The SMILES string of the molecule is CC(=O)OCC1CCC(COC(N)=O)O1.CC(=O)OCc1ccc(COC(N)=O)o1. The molecule has 0 saturated carbocycles. The molecule has 4 N–H and O–H groups in total. The molecule has 1 saturated heterocycles. The summed E-state index contributed by atoms with van der Waals surface area (Å²) in [5.74, 6) is 0.209. The van der Waals surface area contributed by atoms with Crippen LogP contribution in [-0.4, -0.2) is 49.5 Å². The van der Waals surface area contributed by atoms with E-state index in [2.05, 4.69) is 9.47 Å². The molecule has 0 aliphatic carbocycles. The number of esters is 2. The summed E-state index contributed by atoms with van der Waals surface area (Å²) >= 11 is 0. The number of ether oxygens (including phenoxy) is 5. The Hall–Kier alpha value is -3.28. The number of primary amides is 2. The summed E-state index contributed by atoms with van der Waals surface area (Å²) in [5.41, 5.74) is 9.59. The van der Waals surface area contributed by atoms with Gasteiger partial charge in [0.05, 0.1) is 12.2 Å². The second-order valence-corrected chi connectivity index (χ2v) is 6.15. The van der Waals surface area contributed by atoms with Crippen molar-refractivity contribution in [2.45, 2.75) is 52.1 Å². The minimum atomic E-state index is -0.868. The number of hydrogen-bond donors (Lipinski definition) is 2. The first-order chi connectivity index (χ1) is 14.2. The second kappa shape index (κ2) is 13.0. The van der Waals surface area contributed by atoms with Crippen LogP contribution in [0.4, 0.5) is 9.59 Å². The van der Waals surface area contributed by atoms with Crippen LogP contribution in [0.1, 0.15) is 38.2 Å². The lowest BCUT2D eigenvalue weighted by atomic mass is 10.2. The van der Waals surface area contributed by atoms with E-state index in [0.29, 0.717) is 11.5 Å². The first-order valence-electron chi connectivity index (χ1n) is 9.00. The molecule has 12 heteroatoms. The number of furan rings is 1. The molecule has 0 radical (unpaired) electrons. The lowest BCUT2D eigenvalue weighted by Crippen LogP contribution is -2.24. The Bertz CT molecular complexity index is 661. The van der Waals surface area contributed by atoms with Crippen LogP contribution in [0.25, 0.3) is 0 Å². The van der Waals surface area contributed by atoms with Gasteiger partial charge >= 0.3 is 24.1 Å². The van der Waals surface area contributed by atoms with E-state index in [4.69, 9.17) is 30.1 Å². The molecule has 0 aromatic carbocycles. The smallest absolute Gasteiger partial charge is 0.404 e. The van der Waals surface area contributed by atoms with E-state index in [1.807, 2.05) is 0 Å². The molecule has 2 amide bonds. The Balaban J connectivity index is 0.000000300. The Morgan fingerprint density at radius 1 is 0.833 bits per heavy atom. The minimum absolute atomic E-state index is 0.0323. The van der Waals surface area contributed by atoms with E-state index >= 15 is 0 Å². The summed E-state index contributed by atoms with van der Waals surface area (Å²) in [6.07, 6.45) is -0.345. The molecular formula is C18H26N2O10. The lowest BCUT2D eigenvalue weighted by Gasteiger charge is -2.12. The largest absolute Gasteiger partial charge is 0.463 e. The van der Waals surface area contributed by atoms with Crippen LogP contribution in [0.2, 0.25) is 0 Å². The van der Waals surface area contributed by atoms with E-state index < -0.39 is 12.2 Å². The third-order valence-electron chi connectivity index (χ3n) is 3.57. The number of carbonyl (C=O) groups excluding carboxylic acids is 4. The summed E-state index contributed by atoms with van der Waals surface area (Å²) in [7, 11) is 0. The molecule has 0 spiro atoms. The summed E-state index contributed by atoms with van der Waals surface area (Å²) in [4.78, 5) is 41.6. The van der Waals surface area contributed by atoms with Crippen molar-refractivity contribution >= 4 is 24.1 Å². The summed E-state index contributed by atoms with van der Waals surface area (Å²) in [6.45, 7) is 3.10. The fourth-order valence-corrected chi connectivity index (χ4v) is 2.30. The molecule has 1 aromatic heterocycles. The molecule has 30 heavy (non-hydrogen) atoms. The average molecular weight is 430 g/mol. The molecule has 2 rings (SSSR count). The molecule has 2 atom stereocenters. The van der Waals surface area contributed by atoms with Gasteiger partial charge in [0.1, 0.15) is 31.3 Å². The van der Waals surface area contributed by atoms with Gasteiger partial charge in [-0.15, -0.1) is 0 Å². The normalized spacial score (nSPS) is 17.3. The third kappa shape index (κ3) is 11.5. The highest BCUT2D eigenvalue weighted by atomic mass is 16.6. The standard InChI is InChI=1S/C9H15NO5.C9H11NO5/c2*1-6(11)13-4-7-2-3-8(15-7)5-14-9(10)12/h7-8H,2-5H2,1H3,(H2,10,12);2-3H,4-5H2,1H3,(H2,10,12). The van der Waals surface area contributed by atoms with E-state index in [9.17, 15) is 19.2 Å². The maximum Gasteiger partial charge on any atom is 0.404 e. The minimum Gasteiger partial charge on any atom is -0.463 e. The predicted octanol–water partition coefficient (Wildman–Crippen LogP) is 1.13. The first kappa shape index (κ1) is 24.8. The highest BCUT2D eigenvalue weighted by Crippen LogP contribution is 2.20. The Morgan fingerprint density at radius 2 is 1.30 bits per heavy atom. The van der Waals surface area contributed by atoms with Gasteiger partial charge in [0.15, 0.2) is 6.61 Å². The number of rotatable bonds is 8. The van der Waals surface area contributed by atoms with E-state index in [1.54, 1.807) is 12.1 Å². The molecule has 1 fully saturated rings. The van der Waals surface area contributed by atoms with Crippen molar-refractivity contribution < 1.29 is 47.3 Å². The predicted molar refractivity (Wildman–Crippen MR) is 98.6 cm³/mol.